The van der Waals surface area contributed by atoms with Crippen LogP contribution in [-0.4, -0.2) is 38.7 Å². The van der Waals surface area contributed by atoms with Crippen molar-refractivity contribution in [2.45, 2.75) is 56.8 Å². The molecule has 0 amide bonds. The summed E-state index contributed by atoms with van der Waals surface area (Å²) in [5.41, 5.74) is 8.50. The number of H-pyrrole nitrogens is 1. The molecule has 8 heteroatoms. The molecule has 168 valence electrons. The summed E-state index contributed by atoms with van der Waals surface area (Å²) in [6.07, 6.45) is 7.08. The Kier molecular flexibility index (Phi) is 5.75. The first kappa shape index (κ1) is 21.2. The number of nitrogens with two attached hydrogens (primary N) is 1. The van der Waals surface area contributed by atoms with E-state index in [9.17, 15) is 4.39 Å². The minimum absolute atomic E-state index is 0.297. The topological polar surface area (TPSA) is 98.9 Å². The summed E-state index contributed by atoms with van der Waals surface area (Å²) in [5, 5.41) is 0. The van der Waals surface area contributed by atoms with Gasteiger partial charge in [0.05, 0.1) is 35.8 Å². The number of aromatic nitrogens is 4. The first-order valence-corrected chi connectivity index (χ1v) is 11.2. The second-order valence-corrected chi connectivity index (χ2v) is 9.10. The molecule has 3 heterocycles. The van der Waals surface area contributed by atoms with Gasteiger partial charge in [0.15, 0.2) is 5.82 Å². The van der Waals surface area contributed by atoms with E-state index in [-0.39, 0.29) is 5.82 Å². The third kappa shape index (κ3) is 4.44. The summed E-state index contributed by atoms with van der Waals surface area (Å²) in [7, 11) is 0. The van der Waals surface area contributed by atoms with Crippen LogP contribution in [-0.2, 0) is 9.47 Å². The molecular weight excluding hydrogens is 409 g/mol. The molecule has 1 aliphatic heterocycles. The molecule has 0 atom stereocenters. The normalized spacial score (nSPS) is 24.5. The molecule has 2 fully saturated rings. The molecule has 32 heavy (non-hydrogen) atoms. The van der Waals surface area contributed by atoms with E-state index in [0.29, 0.717) is 30.7 Å². The molecule has 2 aliphatic rings. The first-order valence-electron chi connectivity index (χ1n) is 11.2. The lowest BCUT2D eigenvalue weighted by Crippen LogP contribution is -2.50. The number of nitrogens with one attached hydrogen (secondary N) is 1. The van der Waals surface area contributed by atoms with Gasteiger partial charge >= 0.3 is 0 Å². The summed E-state index contributed by atoms with van der Waals surface area (Å²) in [5.74, 6) is 1.49. The SMILES string of the molecule is CC1(N)COC(c2nc(-c3ccc(F)cc3)c(-c3ccnc(C4CCCCC4)n3)[nH]2)OC1. The van der Waals surface area contributed by atoms with Crippen LogP contribution in [0, 0.1) is 5.82 Å². The monoisotopic (exact) mass is 437 g/mol. The Morgan fingerprint density at radius 3 is 2.47 bits per heavy atom. The van der Waals surface area contributed by atoms with Gasteiger partial charge < -0.3 is 20.2 Å². The van der Waals surface area contributed by atoms with E-state index in [1.165, 1.54) is 31.4 Å². The first-order chi connectivity index (χ1) is 15.5. The molecule has 3 aromatic rings. The Hall–Kier alpha value is -2.68. The zero-order valence-corrected chi connectivity index (χ0v) is 18.2. The largest absolute Gasteiger partial charge is 0.344 e. The summed E-state index contributed by atoms with van der Waals surface area (Å²) in [6, 6.07) is 8.14. The van der Waals surface area contributed by atoms with Gasteiger partial charge in [-0.15, -0.1) is 0 Å². The average Bonchev–Trinajstić information content (AvgIpc) is 3.26. The average molecular weight is 438 g/mol. The summed E-state index contributed by atoms with van der Waals surface area (Å²) in [6.45, 7) is 2.60. The molecule has 0 spiro atoms. The van der Waals surface area contributed by atoms with Crippen LogP contribution in [0.25, 0.3) is 22.6 Å². The zero-order chi connectivity index (χ0) is 22.1. The maximum Gasteiger partial charge on any atom is 0.217 e. The number of hydrogen-bond acceptors (Lipinski definition) is 6. The van der Waals surface area contributed by atoms with Crippen LogP contribution in [0.5, 0.6) is 0 Å². The van der Waals surface area contributed by atoms with E-state index in [2.05, 4.69) is 9.97 Å². The number of nitrogens with zero attached hydrogens (tertiary/aromatic N) is 3. The highest BCUT2D eigenvalue weighted by Gasteiger charge is 2.32. The Morgan fingerprint density at radius 1 is 1.03 bits per heavy atom. The smallest absolute Gasteiger partial charge is 0.217 e. The minimum atomic E-state index is -0.653. The van der Waals surface area contributed by atoms with Crippen LogP contribution in [0.3, 0.4) is 0 Å². The number of ether oxygens (including phenoxy) is 2. The van der Waals surface area contributed by atoms with Gasteiger partial charge in [-0.3, -0.25) is 0 Å². The number of imidazole rings is 1. The molecule has 3 N–H and O–H groups in total. The van der Waals surface area contributed by atoms with Crippen LogP contribution >= 0.6 is 0 Å². The Morgan fingerprint density at radius 2 is 1.75 bits per heavy atom. The second kappa shape index (κ2) is 8.69. The lowest BCUT2D eigenvalue weighted by Gasteiger charge is -2.33. The highest BCUT2D eigenvalue weighted by Crippen LogP contribution is 2.35. The van der Waals surface area contributed by atoms with Crippen molar-refractivity contribution < 1.29 is 13.9 Å². The summed E-state index contributed by atoms with van der Waals surface area (Å²) < 4.78 is 25.2. The maximum atomic E-state index is 13.6. The lowest BCUT2D eigenvalue weighted by atomic mass is 9.88. The molecule has 7 nitrogen and oxygen atoms in total. The highest BCUT2D eigenvalue weighted by molar-refractivity contribution is 5.76. The Balaban J connectivity index is 1.53. The molecule has 2 aromatic heterocycles. The molecule has 0 bridgehead atoms. The minimum Gasteiger partial charge on any atom is -0.344 e. The number of aromatic amines is 1. The molecule has 0 radical (unpaired) electrons. The number of rotatable bonds is 4. The van der Waals surface area contributed by atoms with Crippen molar-refractivity contribution in [2.24, 2.45) is 5.73 Å². The zero-order valence-electron chi connectivity index (χ0n) is 18.2. The summed E-state index contributed by atoms with van der Waals surface area (Å²) >= 11 is 0. The summed E-state index contributed by atoms with van der Waals surface area (Å²) in [4.78, 5) is 17.6. The molecule has 1 saturated carbocycles. The third-order valence-electron chi connectivity index (χ3n) is 6.09. The predicted molar refractivity (Wildman–Crippen MR) is 118 cm³/mol. The van der Waals surface area contributed by atoms with Gasteiger partial charge in [-0.1, -0.05) is 19.3 Å². The van der Waals surface area contributed by atoms with Crippen LogP contribution in [0.4, 0.5) is 4.39 Å². The molecule has 5 rings (SSSR count). The van der Waals surface area contributed by atoms with E-state index in [1.54, 1.807) is 18.3 Å². The van der Waals surface area contributed by atoms with E-state index >= 15 is 0 Å². The van der Waals surface area contributed by atoms with Crippen molar-refractivity contribution >= 4 is 0 Å². The number of hydrogen-bond donors (Lipinski definition) is 2. The van der Waals surface area contributed by atoms with Crippen LogP contribution in [0.1, 0.15) is 62.9 Å². The lowest BCUT2D eigenvalue weighted by molar-refractivity contribution is -0.211. The van der Waals surface area contributed by atoms with Crippen molar-refractivity contribution in [1.82, 2.24) is 19.9 Å². The third-order valence-corrected chi connectivity index (χ3v) is 6.09. The molecule has 0 unspecified atom stereocenters. The van der Waals surface area contributed by atoms with Crippen LogP contribution in [0.15, 0.2) is 36.5 Å². The van der Waals surface area contributed by atoms with E-state index < -0.39 is 11.8 Å². The fourth-order valence-electron chi connectivity index (χ4n) is 4.36. The van der Waals surface area contributed by atoms with E-state index in [0.717, 1.165) is 35.6 Å². The van der Waals surface area contributed by atoms with Crippen molar-refractivity contribution in [2.75, 3.05) is 13.2 Å². The highest BCUT2D eigenvalue weighted by atomic mass is 19.1. The van der Waals surface area contributed by atoms with Crippen molar-refractivity contribution in [1.29, 1.82) is 0 Å². The van der Waals surface area contributed by atoms with Crippen LogP contribution < -0.4 is 5.73 Å². The van der Waals surface area contributed by atoms with Gasteiger partial charge in [0.2, 0.25) is 6.29 Å². The Labute approximate surface area is 186 Å². The molecule has 1 aliphatic carbocycles. The van der Waals surface area contributed by atoms with Crippen molar-refractivity contribution in [3.05, 3.63) is 54.0 Å². The fourth-order valence-corrected chi connectivity index (χ4v) is 4.36. The number of halogens is 1. The molecule has 1 saturated heterocycles. The van der Waals surface area contributed by atoms with E-state index in [1.807, 2.05) is 13.0 Å². The van der Waals surface area contributed by atoms with Gasteiger partial charge in [0.25, 0.3) is 0 Å². The van der Waals surface area contributed by atoms with E-state index in [4.69, 9.17) is 25.2 Å². The van der Waals surface area contributed by atoms with Gasteiger partial charge in [-0.2, -0.15) is 0 Å². The second-order valence-electron chi connectivity index (χ2n) is 9.10. The van der Waals surface area contributed by atoms with Gasteiger partial charge in [-0.25, -0.2) is 19.3 Å². The van der Waals surface area contributed by atoms with Crippen LogP contribution in [0.2, 0.25) is 0 Å². The van der Waals surface area contributed by atoms with Crippen molar-refractivity contribution in [3.8, 4) is 22.6 Å². The maximum absolute atomic E-state index is 13.6. The van der Waals surface area contributed by atoms with Gasteiger partial charge in [0.1, 0.15) is 11.6 Å². The van der Waals surface area contributed by atoms with Gasteiger partial charge in [-0.05, 0) is 50.1 Å². The quantitative estimate of drug-likeness (QED) is 0.624. The Bertz CT molecular complexity index is 1070. The number of benzene rings is 1. The fraction of sp³-hybridized carbons (Fsp3) is 0.458. The van der Waals surface area contributed by atoms with Crippen molar-refractivity contribution in [3.63, 3.8) is 0 Å². The predicted octanol–water partition coefficient (Wildman–Crippen LogP) is 4.48. The molecular formula is C24H28FN5O2. The standard InChI is InChI=1S/C24H28FN5O2/c1-24(26)13-31-23(32-14-24)22-29-19(15-7-9-17(25)10-8-15)20(30-22)18-11-12-27-21(28-18)16-5-3-2-4-6-16/h7-12,16,23H,2-6,13-14,26H2,1H3,(H,29,30). The van der Waals surface area contributed by atoms with Gasteiger partial charge in [0, 0.05) is 17.7 Å². The molecule has 1 aromatic carbocycles.